The van der Waals surface area contributed by atoms with Crippen molar-refractivity contribution in [1.29, 1.82) is 0 Å². The molecule has 0 amide bonds. The average molecular weight is 311 g/mol. The van der Waals surface area contributed by atoms with Crippen molar-refractivity contribution >= 4 is 51.7 Å². The van der Waals surface area contributed by atoms with Crippen molar-refractivity contribution in [3.05, 3.63) is 24.0 Å². The van der Waals surface area contributed by atoms with Gasteiger partial charge in [-0.2, -0.15) is 0 Å². The molecule has 0 fully saturated rings. The van der Waals surface area contributed by atoms with Crippen molar-refractivity contribution < 1.29 is 4.39 Å². The molecule has 1 aromatic heterocycles. The summed E-state index contributed by atoms with van der Waals surface area (Å²) in [7, 11) is 1.56. The van der Waals surface area contributed by atoms with E-state index in [2.05, 4.69) is 26.2 Å². The lowest BCUT2D eigenvalue weighted by atomic mass is 10.3. The maximum atomic E-state index is 12.7. The number of hydrogen-bond acceptors (Lipinski definition) is 3. The van der Waals surface area contributed by atoms with Crippen LogP contribution in [0.3, 0.4) is 0 Å². The lowest BCUT2D eigenvalue weighted by Gasteiger charge is -1.85. The van der Waals surface area contributed by atoms with Crippen LogP contribution in [-0.2, 0) is 0 Å². The van der Waals surface area contributed by atoms with Gasteiger partial charge < -0.3 is 0 Å². The molecular weight excluding hydrogens is 308 g/mol. The standard InChI is InChI=1S/C7H3FINS2/c8-4-1-2-6-5(3-4)10-7(11-6)12-9/h1-3H. The van der Waals surface area contributed by atoms with E-state index < -0.39 is 0 Å². The zero-order valence-electron chi connectivity index (χ0n) is 5.75. The molecule has 0 N–H and O–H groups in total. The van der Waals surface area contributed by atoms with Crippen LogP contribution in [0.2, 0.25) is 0 Å². The van der Waals surface area contributed by atoms with Crippen LogP contribution in [0.25, 0.3) is 10.2 Å². The fourth-order valence-corrected chi connectivity index (χ4v) is 3.22. The zero-order chi connectivity index (χ0) is 8.55. The number of hydrogen-bond donors (Lipinski definition) is 0. The minimum absolute atomic E-state index is 0.224. The summed E-state index contributed by atoms with van der Waals surface area (Å²) in [5.41, 5.74) is 0.749. The Morgan fingerprint density at radius 2 is 2.33 bits per heavy atom. The number of thiazole rings is 1. The van der Waals surface area contributed by atoms with E-state index in [1.54, 1.807) is 26.3 Å². The number of rotatable bonds is 1. The van der Waals surface area contributed by atoms with Gasteiger partial charge in [-0.15, -0.1) is 11.3 Å². The maximum absolute atomic E-state index is 12.7. The van der Waals surface area contributed by atoms with E-state index in [0.717, 1.165) is 14.6 Å². The van der Waals surface area contributed by atoms with E-state index in [-0.39, 0.29) is 5.82 Å². The van der Waals surface area contributed by atoms with Crippen molar-refractivity contribution in [1.82, 2.24) is 4.98 Å². The predicted molar refractivity (Wildman–Crippen MR) is 59.5 cm³/mol. The molecule has 2 aromatic rings. The number of benzene rings is 1. The van der Waals surface area contributed by atoms with Crippen molar-refractivity contribution in [2.75, 3.05) is 0 Å². The van der Waals surface area contributed by atoms with E-state index >= 15 is 0 Å². The van der Waals surface area contributed by atoms with Crippen LogP contribution in [-0.4, -0.2) is 4.98 Å². The minimum atomic E-state index is -0.224. The zero-order valence-corrected chi connectivity index (χ0v) is 9.54. The summed E-state index contributed by atoms with van der Waals surface area (Å²) in [5, 5.41) is 0. The molecule has 0 spiro atoms. The second-order valence-corrected chi connectivity index (χ2v) is 5.32. The van der Waals surface area contributed by atoms with Crippen molar-refractivity contribution in [3.63, 3.8) is 0 Å². The van der Waals surface area contributed by atoms with Crippen LogP contribution >= 0.6 is 41.5 Å². The molecule has 0 aliphatic rings. The summed E-state index contributed by atoms with van der Waals surface area (Å²) in [6.07, 6.45) is 0. The largest absolute Gasteiger partial charge is 0.229 e. The molecule has 1 heterocycles. The first-order valence-electron chi connectivity index (χ1n) is 3.14. The highest BCUT2D eigenvalue weighted by molar-refractivity contribution is 14.2. The normalized spacial score (nSPS) is 10.8. The fraction of sp³-hybridized carbons (Fsp3) is 0. The Kier molecular flexibility index (Phi) is 2.52. The first kappa shape index (κ1) is 8.71. The number of aromatic nitrogens is 1. The van der Waals surface area contributed by atoms with Gasteiger partial charge in [-0.05, 0) is 21.1 Å². The van der Waals surface area contributed by atoms with Gasteiger partial charge in [0.2, 0.25) is 0 Å². The monoisotopic (exact) mass is 311 g/mol. The molecule has 0 aliphatic heterocycles. The Morgan fingerprint density at radius 1 is 1.50 bits per heavy atom. The number of nitrogens with zero attached hydrogens (tertiary/aromatic N) is 1. The predicted octanol–water partition coefficient (Wildman–Crippen LogP) is 3.88. The van der Waals surface area contributed by atoms with Gasteiger partial charge >= 0.3 is 0 Å². The highest BCUT2D eigenvalue weighted by atomic mass is 127. The molecule has 5 heteroatoms. The first-order valence-corrected chi connectivity index (χ1v) is 7.32. The fourth-order valence-electron chi connectivity index (χ4n) is 0.912. The van der Waals surface area contributed by atoms with Gasteiger partial charge in [0.1, 0.15) is 5.82 Å². The molecule has 2 rings (SSSR count). The van der Waals surface area contributed by atoms with E-state index in [4.69, 9.17) is 0 Å². The third-order valence-corrected chi connectivity index (χ3v) is 5.10. The third-order valence-electron chi connectivity index (χ3n) is 1.40. The molecule has 0 unspecified atom stereocenters. The number of halogens is 2. The summed E-state index contributed by atoms with van der Waals surface area (Å²) < 4.78 is 14.7. The number of fused-ring (bicyclic) bond motifs is 1. The average Bonchev–Trinajstić information content (AvgIpc) is 2.46. The summed E-state index contributed by atoms with van der Waals surface area (Å²) in [6.45, 7) is 0. The van der Waals surface area contributed by atoms with Gasteiger partial charge in [-0.25, -0.2) is 9.37 Å². The molecule has 0 atom stereocenters. The summed E-state index contributed by atoms with van der Waals surface area (Å²) in [5.74, 6) is -0.224. The molecule has 1 aromatic carbocycles. The lowest BCUT2D eigenvalue weighted by Crippen LogP contribution is -1.71. The van der Waals surface area contributed by atoms with Gasteiger partial charge in [0.05, 0.1) is 10.2 Å². The van der Waals surface area contributed by atoms with Crippen LogP contribution in [0.15, 0.2) is 22.5 Å². The SMILES string of the molecule is Fc1ccc2sc(SI)nc2c1. The molecule has 0 saturated heterocycles. The smallest absolute Gasteiger partial charge is 0.161 e. The Hall–Kier alpha value is 0.120. The lowest BCUT2D eigenvalue weighted by molar-refractivity contribution is 0.629. The topological polar surface area (TPSA) is 12.9 Å². The van der Waals surface area contributed by atoms with Crippen LogP contribution in [0, 0.1) is 5.82 Å². The Bertz CT molecular complexity index is 415. The van der Waals surface area contributed by atoms with Gasteiger partial charge in [-0.3, -0.25) is 0 Å². The molecule has 62 valence electrons. The van der Waals surface area contributed by atoms with Gasteiger partial charge in [-0.1, -0.05) is 0 Å². The van der Waals surface area contributed by atoms with Crippen LogP contribution < -0.4 is 0 Å². The Balaban J connectivity index is 2.67. The van der Waals surface area contributed by atoms with Crippen LogP contribution in [0.1, 0.15) is 0 Å². The highest BCUT2D eigenvalue weighted by Crippen LogP contribution is 2.33. The molecular formula is C7H3FINS2. The van der Waals surface area contributed by atoms with Gasteiger partial charge in [0.25, 0.3) is 0 Å². The van der Waals surface area contributed by atoms with E-state index in [1.165, 1.54) is 12.1 Å². The highest BCUT2D eigenvalue weighted by Gasteiger charge is 2.03. The quantitative estimate of drug-likeness (QED) is 0.741. The van der Waals surface area contributed by atoms with E-state index in [1.807, 2.05) is 0 Å². The summed E-state index contributed by atoms with van der Waals surface area (Å²) >= 11 is 3.75. The Morgan fingerprint density at radius 3 is 3.08 bits per heavy atom. The third kappa shape index (κ3) is 1.57. The Labute approximate surface area is 89.0 Å². The van der Waals surface area contributed by atoms with Crippen LogP contribution in [0.4, 0.5) is 4.39 Å². The van der Waals surface area contributed by atoms with Gasteiger partial charge in [0.15, 0.2) is 4.34 Å². The molecule has 12 heavy (non-hydrogen) atoms. The molecule has 0 aliphatic carbocycles. The minimum Gasteiger partial charge on any atom is -0.229 e. The van der Waals surface area contributed by atoms with Crippen molar-refractivity contribution in [2.24, 2.45) is 0 Å². The second-order valence-electron chi connectivity index (χ2n) is 2.17. The second kappa shape index (κ2) is 3.47. The molecule has 0 saturated carbocycles. The molecule has 0 radical (unpaired) electrons. The van der Waals surface area contributed by atoms with Crippen LogP contribution in [0.5, 0.6) is 0 Å². The summed E-state index contributed by atoms with van der Waals surface area (Å²) in [4.78, 5) is 4.23. The van der Waals surface area contributed by atoms with E-state index in [0.29, 0.717) is 0 Å². The van der Waals surface area contributed by atoms with Gasteiger partial charge in [0, 0.05) is 27.3 Å². The first-order chi connectivity index (χ1) is 5.79. The molecule has 1 nitrogen and oxygen atoms in total. The maximum Gasteiger partial charge on any atom is 0.161 e. The molecule has 0 bridgehead atoms. The summed E-state index contributed by atoms with van der Waals surface area (Å²) in [6, 6.07) is 4.68. The van der Waals surface area contributed by atoms with Crippen molar-refractivity contribution in [2.45, 2.75) is 4.34 Å². The van der Waals surface area contributed by atoms with Crippen molar-refractivity contribution in [3.8, 4) is 0 Å². The van der Waals surface area contributed by atoms with E-state index in [9.17, 15) is 4.39 Å².